The molecule has 0 aliphatic rings. The van der Waals surface area contributed by atoms with Gasteiger partial charge in [0.2, 0.25) is 0 Å². The Hall–Kier alpha value is -3.17. The Bertz CT molecular complexity index is 858. The van der Waals surface area contributed by atoms with Gasteiger partial charge in [-0.25, -0.2) is 0 Å². The van der Waals surface area contributed by atoms with E-state index in [2.05, 4.69) is 16.4 Å². The van der Waals surface area contributed by atoms with E-state index in [9.17, 15) is 4.79 Å². The van der Waals surface area contributed by atoms with Gasteiger partial charge < -0.3 is 19.6 Å². The van der Waals surface area contributed by atoms with E-state index in [-0.39, 0.29) is 19.1 Å². The van der Waals surface area contributed by atoms with Crippen LogP contribution in [0.2, 0.25) is 5.02 Å². The number of halogens is 1. The molecule has 0 heterocycles. The van der Waals surface area contributed by atoms with Gasteiger partial charge in [-0.3, -0.25) is 4.79 Å². The first-order chi connectivity index (χ1) is 13.0. The van der Waals surface area contributed by atoms with Crippen LogP contribution in [0.1, 0.15) is 11.1 Å². The van der Waals surface area contributed by atoms with Gasteiger partial charge >= 0.3 is 0 Å². The van der Waals surface area contributed by atoms with Crippen molar-refractivity contribution in [3.8, 4) is 23.8 Å². The lowest BCUT2D eigenvalue weighted by Gasteiger charge is -2.11. The third-order valence-corrected chi connectivity index (χ3v) is 3.64. The number of amides is 1. The molecular formula is C20H19ClN2O4. The molecule has 7 heteroatoms. The van der Waals surface area contributed by atoms with Crippen LogP contribution < -0.4 is 14.8 Å². The Kier molecular flexibility index (Phi) is 7.53. The number of terminal acetylenes is 1. The van der Waals surface area contributed by atoms with E-state index in [1.54, 1.807) is 12.1 Å². The van der Waals surface area contributed by atoms with Crippen LogP contribution >= 0.6 is 11.6 Å². The number of anilines is 1. The van der Waals surface area contributed by atoms with E-state index in [4.69, 9.17) is 32.3 Å². The average molecular weight is 387 g/mol. The number of methoxy groups -OCH3 is 1. The van der Waals surface area contributed by atoms with E-state index in [1.807, 2.05) is 31.2 Å². The van der Waals surface area contributed by atoms with E-state index >= 15 is 0 Å². The fraction of sp³-hybridized carbons (Fsp3) is 0.200. The molecule has 0 aliphatic carbocycles. The molecule has 2 rings (SSSR count). The predicted molar refractivity (Wildman–Crippen MR) is 106 cm³/mol. The van der Waals surface area contributed by atoms with Gasteiger partial charge in [0.05, 0.1) is 18.3 Å². The first-order valence-corrected chi connectivity index (χ1v) is 8.37. The molecule has 0 radical (unpaired) electrons. The minimum Gasteiger partial charge on any atom is -0.493 e. The second kappa shape index (κ2) is 10.1. The summed E-state index contributed by atoms with van der Waals surface area (Å²) in [6.07, 6.45) is 6.59. The molecule has 0 spiro atoms. The number of hydrogen-bond acceptors (Lipinski definition) is 5. The Morgan fingerprint density at radius 2 is 2.07 bits per heavy atom. The molecule has 6 nitrogen and oxygen atoms in total. The van der Waals surface area contributed by atoms with Gasteiger partial charge in [0, 0.05) is 11.3 Å². The Balaban J connectivity index is 1.91. The summed E-state index contributed by atoms with van der Waals surface area (Å²) in [7, 11) is 1.49. The lowest BCUT2D eigenvalue weighted by atomic mass is 10.2. The van der Waals surface area contributed by atoms with Crippen LogP contribution in [0.3, 0.4) is 0 Å². The Labute approximate surface area is 163 Å². The fourth-order valence-electron chi connectivity index (χ4n) is 2.10. The zero-order valence-corrected chi connectivity index (χ0v) is 15.7. The van der Waals surface area contributed by atoms with Crippen molar-refractivity contribution < 1.29 is 19.1 Å². The first-order valence-electron chi connectivity index (χ1n) is 7.99. The fourth-order valence-corrected chi connectivity index (χ4v) is 2.37. The molecule has 0 aliphatic heterocycles. The molecule has 140 valence electrons. The molecule has 0 atom stereocenters. The first kappa shape index (κ1) is 20.1. The van der Waals surface area contributed by atoms with Crippen LogP contribution in [0.5, 0.6) is 11.5 Å². The van der Waals surface area contributed by atoms with E-state index < -0.39 is 0 Å². The van der Waals surface area contributed by atoms with Gasteiger partial charge in [-0.2, -0.15) is 0 Å². The second-order valence-electron chi connectivity index (χ2n) is 5.45. The number of hydrogen-bond donors (Lipinski definition) is 1. The predicted octanol–water partition coefficient (Wildman–Crippen LogP) is 3.66. The van der Waals surface area contributed by atoms with Crippen LogP contribution in [0.4, 0.5) is 5.69 Å². The molecule has 0 unspecified atom stereocenters. The maximum Gasteiger partial charge on any atom is 0.265 e. The van der Waals surface area contributed by atoms with Crippen molar-refractivity contribution in [2.75, 3.05) is 25.6 Å². The van der Waals surface area contributed by atoms with E-state index in [0.29, 0.717) is 27.8 Å². The van der Waals surface area contributed by atoms with Crippen LogP contribution in [0, 0.1) is 19.3 Å². The van der Waals surface area contributed by atoms with Gasteiger partial charge in [-0.1, -0.05) is 40.4 Å². The van der Waals surface area contributed by atoms with Crippen LogP contribution in [0.15, 0.2) is 41.6 Å². The standard InChI is InChI=1S/C20H19ClN2O4/c1-4-9-26-20-17(21)10-15(11-18(20)25-3)12-22-27-13-19(24)23-16-7-5-14(2)6-8-16/h1,5-8,10-12H,9,13H2,2-3H3,(H,23,24). The van der Waals surface area contributed by atoms with Crippen molar-refractivity contribution in [3.05, 3.63) is 52.5 Å². The molecule has 0 saturated heterocycles. The number of nitrogens with zero attached hydrogens (tertiary/aromatic N) is 1. The summed E-state index contributed by atoms with van der Waals surface area (Å²) < 4.78 is 10.6. The quantitative estimate of drug-likeness (QED) is 0.427. The van der Waals surface area contributed by atoms with Crippen molar-refractivity contribution in [3.63, 3.8) is 0 Å². The zero-order chi connectivity index (χ0) is 19.6. The highest BCUT2D eigenvalue weighted by Crippen LogP contribution is 2.35. The minimum absolute atomic E-state index is 0.0721. The lowest BCUT2D eigenvalue weighted by Crippen LogP contribution is -2.16. The van der Waals surface area contributed by atoms with E-state index in [1.165, 1.54) is 13.3 Å². The maximum atomic E-state index is 11.8. The molecule has 2 aromatic rings. The Morgan fingerprint density at radius 1 is 1.33 bits per heavy atom. The molecule has 0 aromatic heterocycles. The summed E-state index contributed by atoms with van der Waals surface area (Å²) in [6.45, 7) is 1.82. The molecule has 27 heavy (non-hydrogen) atoms. The molecular weight excluding hydrogens is 368 g/mol. The third-order valence-electron chi connectivity index (χ3n) is 3.36. The summed E-state index contributed by atoms with van der Waals surface area (Å²) in [5.74, 6) is 2.81. The van der Waals surface area contributed by atoms with Crippen LogP contribution in [0.25, 0.3) is 0 Å². The van der Waals surface area contributed by atoms with Crippen LogP contribution in [-0.2, 0) is 9.63 Å². The monoisotopic (exact) mass is 386 g/mol. The lowest BCUT2D eigenvalue weighted by molar-refractivity contribution is -0.120. The Morgan fingerprint density at radius 3 is 2.74 bits per heavy atom. The van der Waals surface area contributed by atoms with Crippen molar-refractivity contribution in [2.24, 2.45) is 5.16 Å². The maximum absolute atomic E-state index is 11.8. The number of carbonyl (C=O) groups excluding carboxylic acids is 1. The number of rotatable bonds is 8. The highest BCUT2D eigenvalue weighted by molar-refractivity contribution is 6.32. The number of aryl methyl sites for hydroxylation is 1. The SMILES string of the molecule is C#CCOc1c(Cl)cc(C=NOCC(=O)Nc2ccc(C)cc2)cc1OC. The zero-order valence-electron chi connectivity index (χ0n) is 15.0. The largest absolute Gasteiger partial charge is 0.493 e. The van der Waals surface area contributed by atoms with Gasteiger partial charge in [0.25, 0.3) is 5.91 Å². The summed E-state index contributed by atoms with van der Waals surface area (Å²) in [4.78, 5) is 16.8. The smallest absolute Gasteiger partial charge is 0.265 e. The van der Waals surface area contributed by atoms with E-state index in [0.717, 1.165) is 5.56 Å². The van der Waals surface area contributed by atoms with Gasteiger partial charge in [0.15, 0.2) is 18.1 Å². The van der Waals surface area contributed by atoms with Gasteiger partial charge in [-0.15, -0.1) is 6.42 Å². The van der Waals surface area contributed by atoms with Crippen LogP contribution in [-0.4, -0.2) is 32.4 Å². The molecule has 1 N–H and O–H groups in total. The minimum atomic E-state index is -0.315. The highest BCUT2D eigenvalue weighted by atomic mass is 35.5. The number of benzene rings is 2. The normalized spacial score (nSPS) is 10.3. The molecule has 0 saturated carbocycles. The van der Waals surface area contributed by atoms with Crippen molar-refractivity contribution in [2.45, 2.75) is 6.92 Å². The molecule has 2 aromatic carbocycles. The number of oxime groups is 1. The average Bonchev–Trinajstić information content (AvgIpc) is 2.66. The summed E-state index contributed by atoms with van der Waals surface area (Å²) >= 11 is 6.17. The number of ether oxygens (including phenoxy) is 2. The number of carbonyl (C=O) groups is 1. The molecule has 1 amide bonds. The topological polar surface area (TPSA) is 69.2 Å². The summed E-state index contributed by atoms with van der Waals surface area (Å²) in [6, 6.07) is 10.7. The summed E-state index contributed by atoms with van der Waals surface area (Å²) in [5, 5.41) is 6.81. The number of nitrogens with one attached hydrogen (secondary N) is 1. The van der Waals surface area contributed by atoms with Crippen molar-refractivity contribution >= 4 is 29.4 Å². The highest BCUT2D eigenvalue weighted by Gasteiger charge is 2.11. The van der Waals surface area contributed by atoms with Gasteiger partial charge in [-0.05, 0) is 31.2 Å². The van der Waals surface area contributed by atoms with Crippen molar-refractivity contribution in [1.29, 1.82) is 0 Å². The second-order valence-corrected chi connectivity index (χ2v) is 5.86. The molecule has 0 fully saturated rings. The third kappa shape index (κ3) is 6.24. The van der Waals surface area contributed by atoms with Crippen molar-refractivity contribution in [1.82, 2.24) is 0 Å². The molecule has 0 bridgehead atoms. The summed E-state index contributed by atoms with van der Waals surface area (Å²) in [5.41, 5.74) is 2.42. The van der Waals surface area contributed by atoms with Gasteiger partial charge in [0.1, 0.15) is 6.61 Å².